The lowest BCUT2D eigenvalue weighted by molar-refractivity contribution is -0.384. The van der Waals surface area contributed by atoms with E-state index in [4.69, 9.17) is 0 Å². The Morgan fingerprint density at radius 3 is 2.70 bits per heavy atom. The maximum atomic E-state index is 12.8. The van der Waals surface area contributed by atoms with Crippen LogP contribution >= 0.6 is 11.3 Å². The average Bonchev–Trinajstić information content (AvgIpc) is 3.02. The van der Waals surface area contributed by atoms with Gasteiger partial charge in [0.15, 0.2) is 5.13 Å². The Bertz CT molecular complexity index is 834. The number of aromatic nitrogens is 1. The highest BCUT2D eigenvalue weighted by Gasteiger charge is 2.21. The third-order valence-electron chi connectivity index (χ3n) is 3.77. The summed E-state index contributed by atoms with van der Waals surface area (Å²) < 4.78 is 0. The standard InChI is InChI=1S/C18H22N4O4S/c1-12(2)7-8-21(10-16(23)20-18-19-13(3)11-27-18)17(24)14-5-4-6-15(9-14)22(25)26/h4-6,9,11-12H,7-8,10H2,1-3H3,(H,19,20,23). The smallest absolute Gasteiger partial charge is 0.270 e. The number of benzene rings is 1. The molecule has 2 amide bonds. The van der Waals surface area contributed by atoms with Gasteiger partial charge in [-0.3, -0.25) is 19.7 Å². The average molecular weight is 390 g/mol. The molecule has 0 fully saturated rings. The number of aryl methyl sites for hydroxylation is 1. The van der Waals surface area contributed by atoms with Crippen molar-refractivity contribution in [3.05, 3.63) is 51.0 Å². The van der Waals surface area contributed by atoms with Crippen LogP contribution in [0.2, 0.25) is 0 Å². The lowest BCUT2D eigenvalue weighted by atomic mass is 10.1. The molecule has 0 aliphatic carbocycles. The summed E-state index contributed by atoms with van der Waals surface area (Å²) in [5, 5.41) is 15.9. The highest BCUT2D eigenvalue weighted by atomic mass is 32.1. The van der Waals surface area contributed by atoms with Crippen molar-refractivity contribution in [3.63, 3.8) is 0 Å². The van der Waals surface area contributed by atoms with Gasteiger partial charge in [0, 0.05) is 29.6 Å². The van der Waals surface area contributed by atoms with Gasteiger partial charge in [0.1, 0.15) is 6.54 Å². The molecule has 0 spiro atoms. The van der Waals surface area contributed by atoms with E-state index < -0.39 is 10.8 Å². The maximum Gasteiger partial charge on any atom is 0.270 e. The van der Waals surface area contributed by atoms with Gasteiger partial charge >= 0.3 is 0 Å². The Morgan fingerprint density at radius 1 is 1.37 bits per heavy atom. The molecular formula is C18H22N4O4S. The fourth-order valence-corrected chi connectivity index (χ4v) is 3.05. The molecule has 1 aromatic carbocycles. The van der Waals surface area contributed by atoms with E-state index in [0.717, 1.165) is 5.69 Å². The number of nitro groups is 1. The lowest BCUT2D eigenvalue weighted by Crippen LogP contribution is -2.39. The second kappa shape index (κ2) is 9.22. The molecule has 0 unspecified atom stereocenters. The number of thiazole rings is 1. The molecule has 0 atom stereocenters. The van der Waals surface area contributed by atoms with Crippen LogP contribution < -0.4 is 5.32 Å². The molecule has 0 aliphatic heterocycles. The molecular weight excluding hydrogens is 368 g/mol. The Labute approximate surface area is 161 Å². The number of hydrogen-bond donors (Lipinski definition) is 1. The van der Waals surface area contributed by atoms with Gasteiger partial charge in [-0.1, -0.05) is 19.9 Å². The van der Waals surface area contributed by atoms with Gasteiger partial charge in [0.05, 0.1) is 10.6 Å². The fraction of sp³-hybridized carbons (Fsp3) is 0.389. The van der Waals surface area contributed by atoms with Crippen molar-refractivity contribution < 1.29 is 14.5 Å². The van der Waals surface area contributed by atoms with Crippen molar-refractivity contribution in [1.82, 2.24) is 9.88 Å². The SMILES string of the molecule is Cc1csc(NC(=O)CN(CCC(C)C)C(=O)c2cccc([N+](=O)[O-])c2)n1. The molecule has 0 aliphatic rings. The molecule has 144 valence electrons. The van der Waals surface area contributed by atoms with Crippen LogP contribution in [0.3, 0.4) is 0 Å². The molecule has 0 saturated heterocycles. The van der Waals surface area contributed by atoms with Crippen LogP contribution in [0.1, 0.15) is 36.3 Å². The fourth-order valence-electron chi connectivity index (χ4n) is 2.35. The number of nitrogens with zero attached hydrogens (tertiary/aromatic N) is 3. The summed E-state index contributed by atoms with van der Waals surface area (Å²) in [6.07, 6.45) is 0.713. The predicted molar refractivity (Wildman–Crippen MR) is 104 cm³/mol. The number of rotatable bonds is 8. The quantitative estimate of drug-likeness (QED) is 0.549. The first kappa shape index (κ1) is 20.5. The highest BCUT2D eigenvalue weighted by Crippen LogP contribution is 2.17. The van der Waals surface area contributed by atoms with E-state index in [1.807, 2.05) is 26.2 Å². The number of amides is 2. The minimum atomic E-state index is -0.549. The highest BCUT2D eigenvalue weighted by molar-refractivity contribution is 7.13. The summed E-state index contributed by atoms with van der Waals surface area (Å²) >= 11 is 1.31. The van der Waals surface area contributed by atoms with Crippen LogP contribution in [0.4, 0.5) is 10.8 Å². The first-order chi connectivity index (χ1) is 12.8. The summed E-state index contributed by atoms with van der Waals surface area (Å²) in [5.74, 6) is -0.424. The topological polar surface area (TPSA) is 105 Å². The zero-order valence-electron chi connectivity index (χ0n) is 15.5. The van der Waals surface area contributed by atoms with Gasteiger partial charge in [-0.05, 0) is 25.3 Å². The van der Waals surface area contributed by atoms with Crippen LogP contribution in [0.5, 0.6) is 0 Å². The predicted octanol–water partition coefficient (Wildman–Crippen LogP) is 3.49. The number of non-ortho nitro benzene ring substituents is 1. The summed E-state index contributed by atoms with van der Waals surface area (Å²) in [6, 6.07) is 5.53. The van der Waals surface area contributed by atoms with Gasteiger partial charge in [0.25, 0.3) is 11.6 Å². The van der Waals surface area contributed by atoms with Crippen molar-refractivity contribution in [2.24, 2.45) is 5.92 Å². The van der Waals surface area contributed by atoms with E-state index in [0.29, 0.717) is 24.0 Å². The minimum Gasteiger partial charge on any atom is -0.329 e. The monoisotopic (exact) mass is 390 g/mol. The van der Waals surface area contributed by atoms with Gasteiger partial charge in [-0.15, -0.1) is 11.3 Å². The Morgan fingerprint density at radius 2 is 2.11 bits per heavy atom. The van der Waals surface area contributed by atoms with Gasteiger partial charge < -0.3 is 10.2 Å². The van der Waals surface area contributed by atoms with E-state index in [-0.39, 0.29) is 23.7 Å². The van der Waals surface area contributed by atoms with Crippen LogP contribution in [-0.2, 0) is 4.79 Å². The number of nitro benzene ring substituents is 1. The maximum absolute atomic E-state index is 12.8. The van der Waals surface area contributed by atoms with Crippen molar-refractivity contribution in [2.75, 3.05) is 18.4 Å². The molecule has 27 heavy (non-hydrogen) atoms. The molecule has 8 nitrogen and oxygen atoms in total. The number of carbonyl (C=O) groups is 2. The largest absolute Gasteiger partial charge is 0.329 e. The number of carbonyl (C=O) groups excluding carboxylic acids is 2. The molecule has 9 heteroatoms. The molecule has 0 bridgehead atoms. The Hall–Kier alpha value is -2.81. The molecule has 2 rings (SSSR count). The van der Waals surface area contributed by atoms with Crippen molar-refractivity contribution in [1.29, 1.82) is 0 Å². The zero-order valence-corrected chi connectivity index (χ0v) is 16.3. The van der Waals surface area contributed by atoms with Crippen LogP contribution in [0, 0.1) is 23.0 Å². The molecule has 1 N–H and O–H groups in total. The van der Waals surface area contributed by atoms with Gasteiger partial charge in [-0.25, -0.2) is 4.98 Å². The van der Waals surface area contributed by atoms with Gasteiger partial charge in [0.2, 0.25) is 5.91 Å². The Balaban J connectivity index is 2.14. The third kappa shape index (κ3) is 6.14. The minimum absolute atomic E-state index is 0.146. The number of anilines is 1. The van der Waals surface area contributed by atoms with Crippen molar-refractivity contribution in [3.8, 4) is 0 Å². The second-order valence-electron chi connectivity index (χ2n) is 6.56. The van der Waals surface area contributed by atoms with Crippen molar-refractivity contribution >= 4 is 34.0 Å². The van der Waals surface area contributed by atoms with Crippen LogP contribution in [0.15, 0.2) is 29.6 Å². The molecule has 0 radical (unpaired) electrons. The third-order valence-corrected chi connectivity index (χ3v) is 4.64. The van der Waals surface area contributed by atoms with Crippen molar-refractivity contribution in [2.45, 2.75) is 27.2 Å². The van der Waals surface area contributed by atoms with E-state index >= 15 is 0 Å². The van der Waals surface area contributed by atoms with E-state index in [1.165, 1.54) is 40.5 Å². The lowest BCUT2D eigenvalue weighted by Gasteiger charge is -2.23. The van der Waals surface area contributed by atoms with Crippen LogP contribution in [-0.4, -0.2) is 39.7 Å². The van der Waals surface area contributed by atoms with E-state index in [1.54, 1.807) is 0 Å². The van der Waals surface area contributed by atoms with Gasteiger partial charge in [-0.2, -0.15) is 0 Å². The summed E-state index contributed by atoms with van der Waals surface area (Å²) in [5.41, 5.74) is 0.831. The molecule has 0 saturated carbocycles. The molecule has 1 aromatic heterocycles. The summed E-state index contributed by atoms with van der Waals surface area (Å²) in [6.45, 7) is 6.10. The zero-order chi connectivity index (χ0) is 20.0. The van der Waals surface area contributed by atoms with Crippen LogP contribution in [0.25, 0.3) is 0 Å². The first-order valence-electron chi connectivity index (χ1n) is 8.52. The normalized spacial score (nSPS) is 10.7. The second-order valence-corrected chi connectivity index (χ2v) is 7.42. The molecule has 2 aromatic rings. The summed E-state index contributed by atoms with van der Waals surface area (Å²) in [7, 11) is 0. The Kier molecular flexibility index (Phi) is 7.00. The van der Waals surface area contributed by atoms with E-state index in [9.17, 15) is 19.7 Å². The summed E-state index contributed by atoms with van der Waals surface area (Å²) in [4.78, 5) is 41.2. The number of hydrogen-bond acceptors (Lipinski definition) is 6. The number of nitrogens with one attached hydrogen (secondary N) is 1. The van der Waals surface area contributed by atoms with E-state index in [2.05, 4.69) is 10.3 Å². The molecule has 1 heterocycles. The first-order valence-corrected chi connectivity index (χ1v) is 9.40.